The summed E-state index contributed by atoms with van der Waals surface area (Å²) in [6, 6.07) is -0.495. The fourth-order valence-corrected chi connectivity index (χ4v) is 1.10. The molecule has 1 rings (SSSR count). The molecule has 64 valence electrons. The smallest absolute Gasteiger partial charge is 0.407 e. The Morgan fingerprint density at radius 3 is 2.82 bits per heavy atom. The van der Waals surface area contributed by atoms with Crippen LogP contribution in [0.15, 0.2) is 0 Å². The molecule has 2 atom stereocenters. The molecule has 1 aliphatic rings. The van der Waals surface area contributed by atoms with E-state index in [1.165, 1.54) is 0 Å². The quantitative estimate of drug-likeness (QED) is 0.528. The Morgan fingerprint density at radius 2 is 2.36 bits per heavy atom. The van der Waals surface area contributed by atoms with Gasteiger partial charge in [-0.2, -0.15) is 0 Å². The van der Waals surface area contributed by atoms with Crippen LogP contribution in [0.3, 0.4) is 0 Å². The summed E-state index contributed by atoms with van der Waals surface area (Å²) < 4.78 is 12.8. The van der Waals surface area contributed by atoms with Crippen molar-refractivity contribution in [2.75, 3.05) is 13.1 Å². The summed E-state index contributed by atoms with van der Waals surface area (Å²) >= 11 is 0. The Hall–Kier alpha value is -0.840. The van der Waals surface area contributed by atoms with Crippen molar-refractivity contribution in [3.63, 3.8) is 0 Å². The molecule has 1 fully saturated rings. The topological polar surface area (TPSA) is 66.6 Å². The number of likely N-dealkylation sites (tertiary alicyclic amines) is 1. The van der Waals surface area contributed by atoms with Gasteiger partial charge in [0.15, 0.2) is 0 Å². The van der Waals surface area contributed by atoms with Gasteiger partial charge in [0, 0.05) is 12.6 Å². The van der Waals surface area contributed by atoms with Gasteiger partial charge in [0.05, 0.1) is 6.54 Å². The normalized spacial score (nSPS) is 32.0. The van der Waals surface area contributed by atoms with E-state index in [0.717, 1.165) is 4.90 Å². The van der Waals surface area contributed by atoms with Crippen LogP contribution in [-0.2, 0) is 0 Å². The maximum Gasteiger partial charge on any atom is 0.407 e. The molecule has 0 saturated carbocycles. The number of hydrogen-bond donors (Lipinski definition) is 2. The third-order valence-electron chi connectivity index (χ3n) is 1.86. The highest BCUT2D eigenvalue weighted by atomic mass is 19.1. The van der Waals surface area contributed by atoms with Crippen molar-refractivity contribution in [3.8, 4) is 0 Å². The summed E-state index contributed by atoms with van der Waals surface area (Å²) in [7, 11) is 0. The first kappa shape index (κ1) is 8.26. The summed E-state index contributed by atoms with van der Waals surface area (Å²) in [5.74, 6) is 0. The average Bonchev–Trinajstić information content (AvgIpc) is 1.94. The highest BCUT2D eigenvalue weighted by Crippen LogP contribution is 2.11. The number of amides is 1. The minimum Gasteiger partial charge on any atom is -0.465 e. The van der Waals surface area contributed by atoms with Gasteiger partial charge in [-0.1, -0.05) is 0 Å². The van der Waals surface area contributed by atoms with Gasteiger partial charge in [-0.05, 0) is 6.42 Å². The SMILES string of the molecule is N[C@H]1CCN(C(=O)O)C[C@@H]1F. The van der Waals surface area contributed by atoms with Crippen molar-refractivity contribution >= 4 is 6.09 Å². The minimum atomic E-state index is -1.21. The van der Waals surface area contributed by atoms with Crippen LogP contribution in [-0.4, -0.2) is 41.4 Å². The molecule has 0 aromatic heterocycles. The molecule has 4 nitrogen and oxygen atoms in total. The van der Waals surface area contributed by atoms with Crippen molar-refractivity contribution in [1.82, 2.24) is 4.90 Å². The predicted octanol–water partition coefficient (Wildman–Crippen LogP) is 0.0355. The fraction of sp³-hybridized carbons (Fsp3) is 0.833. The third kappa shape index (κ3) is 1.80. The van der Waals surface area contributed by atoms with Crippen LogP contribution in [0.25, 0.3) is 0 Å². The molecule has 0 aromatic rings. The number of hydrogen-bond acceptors (Lipinski definition) is 2. The van der Waals surface area contributed by atoms with E-state index < -0.39 is 18.3 Å². The predicted molar refractivity (Wildman–Crippen MR) is 37.1 cm³/mol. The molecule has 0 unspecified atom stereocenters. The number of nitrogens with two attached hydrogens (primary N) is 1. The summed E-state index contributed by atoms with van der Waals surface area (Å²) in [5.41, 5.74) is 5.35. The molecule has 0 radical (unpaired) electrons. The first-order chi connectivity index (χ1) is 5.11. The molecule has 1 amide bonds. The van der Waals surface area contributed by atoms with Crippen molar-refractivity contribution < 1.29 is 14.3 Å². The zero-order chi connectivity index (χ0) is 8.43. The number of nitrogens with zero attached hydrogens (tertiary/aromatic N) is 1. The van der Waals surface area contributed by atoms with Gasteiger partial charge in [-0.3, -0.25) is 0 Å². The number of carbonyl (C=O) groups is 1. The van der Waals surface area contributed by atoms with E-state index in [0.29, 0.717) is 13.0 Å². The second-order valence-corrected chi connectivity index (χ2v) is 2.70. The molecule has 0 bridgehead atoms. The van der Waals surface area contributed by atoms with E-state index in [1.54, 1.807) is 0 Å². The molecule has 0 spiro atoms. The van der Waals surface area contributed by atoms with Crippen LogP contribution >= 0.6 is 0 Å². The molecule has 1 heterocycles. The number of alkyl halides is 1. The van der Waals surface area contributed by atoms with Gasteiger partial charge in [0.2, 0.25) is 0 Å². The summed E-state index contributed by atoms with van der Waals surface area (Å²) in [6.45, 7) is 0.257. The van der Waals surface area contributed by atoms with Crippen LogP contribution < -0.4 is 5.73 Å². The van der Waals surface area contributed by atoms with Crippen molar-refractivity contribution in [2.24, 2.45) is 5.73 Å². The number of rotatable bonds is 0. The van der Waals surface area contributed by atoms with E-state index in [1.807, 2.05) is 0 Å². The zero-order valence-corrected chi connectivity index (χ0v) is 6.03. The average molecular weight is 162 g/mol. The maximum absolute atomic E-state index is 12.8. The Labute approximate surface area is 63.8 Å². The van der Waals surface area contributed by atoms with Crippen LogP contribution in [0.2, 0.25) is 0 Å². The van der Waals surface area contributed by atoms with E-state index in [2.05, 4.69) is 0 Å². The lowest BCUT2D eigenvalue weighted by atomic mass is 10.1. The second kappa shape index (κ2) is 3.04. The first-order valence-corrected chi connectivity index (χ1v) is 3.49. The van der Waals surface area contributed by atoms with Gasteiger partial charge in [-0.25, -0.2) is 9.18 Å². The van der Waals surface area contributed by atoms with Crippen molar-refractivity contribution in [3.05, 3.63) is 0 Å². The van der Waals surface area contributed by atoms with Gasteiger partial charge in [0.1, 0.15) is 6.17 Å². The monoisotopic (exact) mass is 162 g/mol. The Kier molecular flexibility index (Phi) is 2.28. The molecule has 11 heavy (non-hydrogen) atoms. The van der Waals surface area contributed by atoms with Gasteiger partial charge < -0.3 is 15.7 Å². The van der Waals surface area contributed by atoms with Crippen LogP contribution in [0, 0.1) is 0 Å². The maximum atomic E-state index is 12.8. The van der Waals surface area contributed by atoms with Crippen LogP contribution in [0.5, 0.6) is 0 Å². The zero-order valence-electron chi connectivity index (χ0n) is 6.03. The summed E-state index contributed by atoms with van der Waals surface area (Å²) in [5, 5.41) is 8.46. The first-order valence-electron chi connectivity index (χ1n) is 3.49. The lowest BCUT2D eigenvalue weighted by Crippen LogP contribution is -2.50. The highest BCUT2D eigenvalue weighted by Gasteiger charge is 2.28. The number of piperidine rings is 1. The standard InChI is InChI=1S/C6H11FN2O2/c7-4-3-9(6(10)11)2-1-5(4)8/h4-5H,1-3,8H2,(H,10,11)/t4-,5-/m0/s1. The fourth-order valence-electron chi connectivity index (χ4n) is 1.10. The highest BCUT2D eigenvalue weighted by molar-refractivity contribution is 5.65. The molecular weight excluding hydrogens is 151 g/mol. The lowest BCUT2D eigenvalue weighted by molar-refractivity contribution is 0.0976. The Bertz CT molecular complexity index is 165. The van der Waals surface area contributed by atoms with E-state index in [9.17, 15) is 9.18 Å². The number of halogens is 1. The van der Waals surface area contributed by atoms with Crippen molar-refractivity contribution in [1.29, 1.82) is 0 Å². The Balaban J connectivity index is 2.46. The molecular formula is C6H11FN2O2. The molecule has 3 N–H and O–H groups in total. The summed E-state index contributed by atoms with van der Waals surface area (Å²) in [6.07, 6.45) is -1.87. The summed E-state index contributed by atoms with van der Waals surface area (Å²) in [4.78, 5) is 11.4. The molecule has 0 aliphatic carbocycles. The van der Waals surface area contributed by atoms with E-state index in [-0.39, 0.29) is 6.54 Å². The van der Waals surface area contributed by atoms with E-state index in [4.69, 9.17) is 10.8 Å². The number of carboxylic acid groups (broad SMARTS) is 1. The van der Waals surface area contributed by atoms with Gasteiger partial charge in [-0.15, -0.1) is 0 Å². The van der Waals surface area contributed by atoms with Gasteiger partial charge >= 0.3 is 6.09 Å². The Morgan fingerprint density at radius 1 is 1.73 bits per heavy atom. The van der Waals surface area contributed by atoms with E-state index >= 15 is 0 Å². The lowest BCUT2D eigenvalue weighted by Gasteiger charge is -2.30. The molecule has 5 heteroatoms. The van der Waals surface area contributed by atoms with Crippen molar-refractivity contribution in [2.45, 2.75) is 18.6 Å². The van der Waals surface area contributed by atoms with Gasteiger partial charge in [0.25, 0.3) is 0 Å². The minimum absolute atomic E-state index is 0.0868. The molecule has 1 aliphatic heterocycles. The molecule has 1 saturated heterocycles. The second-order valence-electron chi connectivity index (χ2n) is 2.70. The molecule has 0 aromatic carbocycles. The largest absolute Gasteiger partial charge is 0.465 e. The van der Waals surface area contributed by atoms with Crippen LogP contribution in [0.1, 0.15) is 6.42 Å². The van der Waals surface area contributed by atoms with Crippen LogP contribution in [0.4, 0.5) is 9.18 Å². The third-order valence-corrected chi connectivity index (χ3v) is 1.86.